The van der Waals surface area contributed by atoms with Crippen LogP contribution < -0.4 is 10.6 Å². The molecule has 2 aromatic rings. The van der Waals surface area contributed by atoms with Gasteiger partial charge in [0.25, 0.3) is 0 Å². The summed E-state index contributed by atoms with van der Waals surface area (Å²) in [6, 6.07) is 4.73. The molecule has 7 heteroatoms. The maximum Gasteiger partial charge on any atom is 0.191 e. The maximum atomic E-state index is 4.63. The normalized spacial score (nSPS) is 12.6. The number of halogens is 1. The SMILES string of the molecule is CCNC(=NCc1ncc(C)s1)NC(C)Cc1ccc(C)s1.I. The molecule has 128 valence electrons. The molecule has 0 aromatic carbocycles. The second-order valence-corrected chi connectivity index (χ2v) is 8.01. The van der Waals surface area contributed by atoms with E-state index in [4.69, 9.17) is 0 Å². The number of thiophene rings is 1. The third-order valence-electron chi connectivity index (χ3n) is 3.07. The summed E-state index contributed by atoms with van der Waals surface area (Å²) in [4.78, 5) is 13.0. The van der Waals surface area contributed by atoms with E-state index in [1.54, 1.807) is 11.3 Å². The van der Waals surface area contributed by atoms with E-state index in [1.165, 1.54) is 14.6 Å². The quantitative estimate of drug-likeness (QED) is 0.384. The Bertz CT molecular complexity index is 621. The van der Waals surface area contributed by atoms with Crippen LogP contribution in [0.2, 0.25) is 0 Å². The Kier molecular flexibility index (Phi) is 9.08. The minimum absolute atomic E-state index is 0. The number of guanidine groups is 1. The van der Waals surface area contributed by atoms with Crippen LogP contribution in [0.3, 0.4) is 0 Å². The van der Waals surface area contributed by atoms with Crippen LogP contribution in [0.1, 0.15) is 33.5 Å². The highest BCUT2D eigenvalue weighted by Gasteiger charge is 2.08. The monoisotopic (exact) mass is 464 g/mol. The predicted octanol–water partition coefficient (Wildman–Crippen LogP) is 4.13. The van der Waals surface area contributed by atoms with Crippen molar-refractivity contribution in [2.45, 2.75) is 46.7 Å². The maximum absolute atomic E-state index is 4.63. The molecule has 0 fully saturated rings. The van der Waals surface area contributed by atoms with Gasteiger partial charge in [-0.3, -0.25) is 0 Å². The fourth-order valence-corrected chi connectivity index (χ4v) is 3.85. The highest BCUT2D eigenvalue weighted by molar-refractivity contribution is 14.0. The van der Waals surface area contributed by atoms with Gasteiger partial charge in [0.1, 0.15) is 5.01 Å². The molecule has 2 N–H and O–H groups in total. The second kappa shape index (κ2) is 10.2. The molecule has 0 aliphatic carbocycles. The Labute approximate surface area is 163 Å². The number of rotatable bonds is 6. The van der Waals surface area contributed by atoms with Gasteiger partial charge in [-0.15, -0.1) is 46.7 Å². The third-order valence-corrected chi connectivity index (χ3v) is 4.99. The lowest BCUT2D eigenvalue weighted by Crippen LogP contribution is -2.43. The molecule has 0 amide bonds. The number of hydrogen-bond acceptors (Lipinski definition) is 4. The lowest BCUT2D eigenvalue weighted by atomic mass is 10.2. The molecule has 0 saturated carbocycles. The van der Waals surface area contributed by atoms with E-state index < -0.39 is 0 Å². The fraction of sp³-hybridized carbons (Fsp3) is 0.500. The number of nitrogens with zero attached hydrogens (tertiary/aromatic N) is 2. The molecule has 0 aliphatic rings. The summed E-state index contributed by atoms with van der Waals surface area (Å²) in [5, 5.41) is 7.83. The van der Waals surface area contributed by atoms with Gasteiger partial charge in [0.2, 0.25) is 0 Å². The molecule has 0 radical (unpaired) electrons. The van der Waals surface area contributed by atoms with Crippen molar-refractivity contribution < 1.29 is 0 Å². The number of hydrogen-bond donors (Lipinski definition) is 2. The zero-order valence-electron chi connectivity index (χ0n) is 14.0. The zero-order valence-corrected chi connectivity index (χ0v) is 18.0. The fourth-order valence-electron chi connectivity index (χ4n) is 2.12. The Hall–Kier alpha value is -0.670. The largest absolute Gasteiger partial charge is 0.357 e. The topological polar surface area (TPSA) is 49.3 Å². The number of aromatic nitrogens is 1. The van der Waals surface area contributed by atoms with Gasteiger partial charge in [0.15, 0.2) is 5.96 Å². The molecule has 2 aromatic heterocycles. The second-order valence-electron chi connectivity index (χ2n) is 5.32. The molecule has 2 heterocycles. The van der Waals surface area contributed by atoms with Crippen LogP contribution in [0, 0.1) is 13.8 Å². The zero-order chi connectivity index (χ0) is 15.9. The summed E-state index contributed by atoms with van der Waals surface area (Å²) in [6.45, 7) is 9.97. The minimum atomic E-state index is 0. The number of thiazole rings is 1. The first-order valence-electron chi connectivity index (χ1n) is 7.58. The van der Waals surface area contributed by atoms with Gasteiger partial charge >= 0.3 is 0 Å². The molecule has 1 unspecified atom stereocenters. The van der Waals surface area contributed by atoms with E-state index in [9.17, 15) is 0 Å². The van der Waals surface area contributed by atoms with Crippen LogP contribution >= 0.6 is 46.7 Å². The van der Waals surface area contributed by atoms with Gasteiger partial charge in [0.05, 0.1) is 6.54 Å². The van der Waals surface area contributed by atoms with Crippen LogP contribution in [0.15, 0.2) is 23.3 Å². The Balaban J connectivity index is 0.00000264. The van der Waals surface area contributed by atoms with Crippen LogP contribution in [-0.2, 0) is 13.0 Å². The van der Waals surface area contributed by atoms with Gasteiger partial charge in [0, 0.05) is 39.8 Å². The average molecular weight is 464 g/mol. The minimum Gasteiger partial charge on any atom is -0.357 e. The molecule has 0 spiro atoms. The first kappa shape index (κ1) is 20.4. The van der Waals surface area contributed by atoms with Crippen molar-refractivity contribution in [2.24, 2.45) is 4.99 Å². The molecule has 1 atom stereocenters. The average Bonchev–Trinajstić information content (AvgIpc) is 3.05. The van der Waals surface area contributed by atoms with Gasteiger partial charge in [-0.2, -0.15) is 0 Å². The van der Waals surface area contributed by atoms with E-state index in [0.717, 1.165) is 23.9 Å². The van der Waals surface area contributed by atoms with Gasteiger partial charge in [-0.05, 0) is 39.8 Å². The summed E-state index contributed by atoms with van der Waals surface area (Å²) in [5.74, 6) is 0.858. The molecule has 0 saturated heterocycles. The van der Waals surface area contributed by atoms with Crippen LogP contribution in [-0.4, -0.2) is 23.5 Å². The van der Waals surface area contributed by atoms with Gasteiger partial charge in [-0.1, -0.05) is 0 Å². The predicted molar refractivity (Wildman–Crippen MR) is 112 cm³/mol. The van der Waals surface area contributed by atoms with Crippen LogP contribution in [0.4, 0.5) is 0 Å². The Morgan fingerprint density at radius 3 is 2.61 bits per heavy atom. The molecule has 0 bridgehead atoms. The van der Waals surface area contributed by atoms with E-state index in [1.807, 2.05) is 17.5 Å². The van der Waals surface area contributed by atoms with Crippen molar-refractivity contribution in [2.75, 3.05) is 6.54 Å². The lowest BCUT2D eigenvalue weighted by molar-refractivity contribution is 0.645. The number of aliphatic imine (C=N–C) groups is 1. The van der Waals surface area contributed by atoms with E-state index in [2.05, 4.69) is 60.4 Å². The Morgan fingerprint density at radius 1 is 1.26 bits per heavy atom. The molecule has 2 rings (SSSR count). The third kappa shape index (κ3) is 7.17. The van der Waals surface area contributed by atoms with Gasteiger partial charge < -0.3 is 10.6 Å². The van der Waals surface area contributed by atoms with Crippen molar-refractivity contribution in [3.05, 3.63) is 38.0 Å². The summed E-state index contributed by atoms with van der Waals surface area (Å²) in [6.07, 6.45) is 2.91. The number of aryl methyl sites for hydroxylation is 2. The first-order chi connectivity index (χ1) is 10.6. The summed E-state index contributed by atoms with van der Waals surface area (Å²) < 4.78 is 0. The van der Waals surface area contributed by atoms with Crippen molar-refractivity contribution in [1.82, 2.24) is 15.6 Å². The highest BCUT2D eigenvalue weighted by atomic mass is 127. The Morgan fingerprint density at radius 2 is 2.04 bits per heavy atom. The highest BCUT2D eigenvalue weighted by Crippen LogP contribution is 2.16. The smallest absolute Gasteiger partial charge is 0.191 e. The summed E-state index contributed by atoms with van der Waals surface area (Å²) in [7, 11) is 0. The molecular formula is C16H25IN4S2. The molecule has 4 nitrogen and oxygen atoms in total. The van der Waals surface area contributed by atoms with E-state index in [0.29, 0.717) is 12.6 Å². The van der Waals surface area contributed by atoms with Crippen molar-refractivity contribution in [1.29, 1.82) is 0 Å². The lowest BCUT2D eigenvalue weighted by Gasteiger charge is -2.17. The number of nitrogens with one attached hydrogen (secondary N) is 2. The molecule has 23 heavy (non-hydrogen) atoms. The summed E-state index contributed by atoms with van der Waals surface area (Å²) in [5.41, 5.74) is 0. The standard InChI is InChI=1S/C16H24N4S2.HI/c1-5-17-16(19-10-15-18-9-13(4)22-15)20-11(2)8-14-7-6-12(3)21-14;/h6-7,9,11H,5,8,10H2,1-4H3,(H2,17,19,20);1H. The van der Waals surface area contributed by atoms with Crippen molar-refractivity contribution in [3.63, 3.8) is 0 Å². The molecular weight excluding hydrogens is 439 g/mol. The molecule has 0 aliphatic heterocycles. The first-order valence-corrected chi connectivity index (χ1v) is 9.21. The van der Waals surface area contributed by atoms with Crippen LogP contribution in [0.25, 0.3) is 0 Å². The van der Waals surface area contributed by atoms with E-state index >= 15 is 0 Å². The van der Waals surface area contributed by atoms with E-state index in [-0.39, 0.29) is 24.0 Å². The van der Waals surface area contributed by atoms with Crippen molar-refractivity contribution in [3.8, 4) is 0 Å². The van der Waals surface area contributed by atoms with Gasteiger partial charge in [-0.25, -0.2) is 9.98 Å². The van der Waals surface area contributed by atoms with Crippen LogP contribution in [0.5, 0.6) is 0 Å². The summed E-state index contributed by atoms with van der Waals surface area (Å²) >= 11 is 3.56. The van der Waals surface area contributed by atoms with Crippen molar-refractivity contribution >= 4 is 52.6 Å².